The van der Waals surface area contributed by atoms with E-state index in [4.69, 9.17) is 10.00 Å². The Kier molecular flexibility index (Phi) is 4.28. The van der Waals surface area contributed by atoms with Gasteiger partial charge in [0.1, 0.15) is 11.7 Å². The monoisotopic (exact) mass is 231 g/mol. The Balaban J connectivity index is 3.21. The molecule has 0 saturated carbocycles. The highest BCUT2D eigenvalue weighted by Gasteiger charge is 2.20. The lowest BCUT2D eigenvalue weighted by molar-refractivity contribution is 0.0946. The number of ether oxygens (including phenoxy) is 1. The molecule has 3 heteroatoms. The van der Waals surface area contributed by atoms with Gasteiger partial charge in [0.25, 0.3) is 0 Å². The SMILES string of the molecule is CCC(C#N)C(=O)c1ccc(OC)c(C)c1C. The second-order valence-electron chi connectivity index (χ2n) is 4.02. The quantitative estimate of drug-likeness (QED) is 0.748. The highest BCUT2D eigenvalue weighted by atomic mass is 16.5. The van der Waals surface area contributed by atoms with E-state index in [1.54, 1.807) is 19.2 Å². The first kappa shape index (κ1) is 13.2. The Bertz CT molecular complexity index is 472. The van der Waals surface area contributed by atoms with E-state index in [0.717, 1.165) is 16.9 Å². The van der Waals surface area contributed by atoms with Crippen molar-refractivity contribution in [2.75, 3.05) is 7.11 Å². The van der Waals surface area contributed by atoms with Crippen molar-refractivity contribution in [3.8, 4) is 11.8 Å². The average molecular weight is 231 g/mol. The van der Waals surface area contributed by atoms with Gasteiger partial charge in [-0.05, 0) is 43.5 Å². The summed E-state index contributed by atoms with van der Waals surface area (Å²) in [7, 11) is 1.60. The fourth-order valence-electron chi connectivity index (χ4n) is 1.81. The van der Waals surface area contributed by atoms with Crippen molar-refractivity contribution in [2.45, 2.75) is 27.2 Å². The summed E-state index contributed by atoms with van der Waals surface area (Å²) in [5.41, 5.74) is 2.46. The van der Waals surface area contributed by atoms with Crippen molar-refractivity contribution >= 4 is 5.78 Å². The molecule has 0 spiro atoms. The van der Waals surface area contributed by atoms with Gasteiger partial charge >= 0.3 is 0 Å². The number of benzene rings is 1. The lowest BCUT2D eigenvalue weighted by Gasteiger charge is -2.13. The van der Waals surface area contributed by atoms with Crippen LogP contribution in [0.15, 0.2) is 12.1 Å². The van der Waals surface area contributed by atoms with E-state index in [0.29, 0.717) is 12.0 Å². The normalized spacial score (nSPS) is 11.7. The molecule has 1 atom stereocenters. The van der Waals surface area contributed by atoms with Gasteiger partial charge in [-0.25, -0.2) is 0 Å². The molecule has 1 rings (SSSR count). The first-order valence-electron chi connectivity index (χ1n) is 5.64. The van der Waals surface area contributed by atoms with Crippen LogP contribution >= 0.6 is 0 Å². The second kappa shape index (κ2) is 5.49. The lowest BCUT2D eigenvalue weighted by Crippen LogP contribution is -2.14. The molecular weight excluding hydrogens is 214 g/mol. The van der Waals surface area contributed by atoms with Gasteiger partial charge in [0.2, 0.25) is 0 Å². The van der Waals surface area contributed by atoms with Crippen LogP contribution in [0.2, 0.25) is 0 Å². The Labute approximate surface area is 102 Å². The van der Waals surface area contributed by atoms with Crippen molar-refractivity contribution in [1.82, 2.24) is 0 Å². The fourth-order valence-corrected chi connectivity index (χ4v) is 1.81. The van der Waals surface area contributed by atoms with Crippen molar-refractivity contribution in [3.63, 3.8) is 0 Å². The van der Waals surface area contributed by atoms with E-state index in [9.17, 15) is 4.79 Å². The number of methoxy groups -OCH3 is 1. The molecule has 1 aromatic carbocycles. The molecule has 0 fully saturated rings. The molecular formula is C14H17NO2. The molecule has 1 aromatic rings. The molecule has 0 N–H and O–H groups in total. The standard InChI is InChI=1S/C14H17NO2/c1-5-11(8-15)14(16)12-6-7-13(17-4)10(3)9(12)2/h6-7,11H,5H2,1-4H3. The van der Waals surface area contributed by atoms with Gasteiger partial charge in [-0.15, -0.1) is 0 Å². The van der Waals surface area contributed by atoms with Gasteiger partial charge in [0, 0.05) is 5.56 Å². The molecule has 0 amide bonds. The van der Waals surface area contributed by atoms with Crippen LogP contribution in [0, 0.1) is 31.1 Å². The number of hydrogen-bond acceptors (Lipinski definition) is 3. The summed E-state index contributed by atoms with van der Waals surface area (Å²) >= 11 is 0. The van der Waals surface area contributed by atoms with Crippen LogP contribution in [0.25, 0.3) is 0 Å². The molecule has 1 unspecified atom stereocenters. The van der Waals surface area contributed by atoms with Crippen LogP contribution in [0.5, 0.6) is 5.75 Å². The number of nitrogens with zero attached hydrogens (tertiary/aromatic N) is 1. The van der Waals surface area contributed by atoms with E-state index in [1.165, 1.54) is 0 Å². The van der Waals surface area contributed by atoms with E-state index >= 15 is 0 Å². The summed E-state index contributed by atoms with van der Waals surface area (Å²) in [5.74, 6) is 0.115. The van der Waals surface area contributed by atoms with Crippen molar-refractivity contribution in [2.24, 2.45) is 5.92 Å². The number of carbonyl (C=O) groups excluding carboxylic acids is 1. The summed E-state index contributed by atoms with van der Waals surface area (Å²) < 4.78 is 5.20. The van der Waals surface area contributed by atoms with Crippen LogP contribution < -0.4 is 4.74 Å². The highest BCUT2D eigenvalue weighted by Crippen LogP contribution is 2.26. The van der Waals surface area contributed by atoms with Gasteiger partial charge in [-0.3, -0.25) is 4.79 Å². The molecule has 0 radical (unpaired) electrons. The minimum absolute atomic E-state index is 0.0988. The number of rotatable bonds is 4. The number of ketones is 1. The van der Waals surface area contributed by atoms with Gasteiger partial charge in [0.15, 0.2) is 5.78 Å². The summed E-state index contributed by atoms with van der Waals surface area (Å²) in [6.45, 7) is 5.64. The first-order chi connectivity index (χ1) is 8.06. The third kappa shape index (κ3) is 2.47. The molecule has 0 saturated heterocycles. The molecule has 0 aliphatic carbocycles. The number of carbonyl (C=O) groups is 1. The minimum atomic E-state index is -0.554. The van der Waals surface area contributed by atoms with Crippen molar-refractivity contribution < 1.29 is 9.53 Å². The van der Waals surface area contributed by atoms with Crippen LogP contribution in [0.1, 0.15) is 34.8 Å². The predicted octanol–water partition coefficient (Wildman–Crippen LogP) is 3.04. The first-order valence-corrected chi connectivity index (χ1v) is 5.64. The highest BCUT2D eigenvalue weighted by molar-refractivity contribution is 6.01. The molecule has 0 heterocycles. The van der Waals surface area contributed by atoms with Crippen LogP contribution in [-0.4, -0.2) is 12.9 Å². The number of Topliss-reactive ketones (excluding diaryl/α,β-unsaturated/α-hetero) is 1. The molecule has 17 heavy (non-hydrogen) atoms. The Hall–Kier alpha value is -1.82. The summed E-state index contributed by atoms with van der Waals surface area (Å²) in [4.78, 5) is 12.1. The maximum absolute atomic E-state index is 12.1. The minimum Gasteiger partial charge on any atom is -0.496 e. The Morgan fingerprint density at radius 1 is 1.41 bits per heavy atom. The van der Waals surface area contributed by atoms with Gasteiger partial charge in [-0.1, -0.05) is 6.92 Å². The third-order valence-electron chi connectivity index (χ3n) is 3.10. The second-order valence-corrected chi connectivity index (χ2v) is 4.02. The summed E-state index contributed by atoms with van der Waals surface area (Å²) in [6.07, 6.45) is 0.542. The van der Waals surface area contributed by atoms with E-state index in [1.807, 2.05) is 26.8 Å². The zero-order valence-corrected chi connectivity index (χ0v) is 10.7. The molecule has 3 nitrogen and oxygen atoms in total. The topological polar surface area (TPSA) is 50.1 Å². The van der Waals surface area contributed by atoms with Crippen LogP contribution in [0.3, 0.4) is 0 Å². The number of hydrogen-bond donors (Lipinski definition) is 0. The van der Waals surface area contributed by atoms with Crippen molar-refractivity contribution in [1.29, 1.82) is 5.26 Å². The van der Waals surface area contributed by atoms with Crippen LogP contribution in [0.4, 0.5) is 0 Å². The van der Waals surface area contributed by atoms with Crippen LogP contribution in [-0.2, 0) is 0 Å². The summed E-state index contributed by atoms with van der Waals surface area (Å²) in [5, 5.41) is 8.92. The molecule has 90 valence electrons. The largest absolute Gasteiger partial charge is 0.496 e. The van der Waals surface area contributed by atoms with Gasteiger partial charge in [0.05, 0.1) is 13.2 Å². The van der Waals surface area contributed by atoms with Gasteiger partial charge in [-0.2, -0.15) is 5.26 Å². The van der Waals surface area contributed by atoms with E-state index in [2.05, 4.69) is 0 Å². The molecule has 0 aliphatic heterocycles. The maximum Gasteiger partial charge on any atom is 0.180 e. The molecule has 0 aromatic heterocycles. The zero-order chi connectivity index (χ0) is 13.0. The number of nitriles is 1. The van der Waals surface area contributed by atoms with E-state index in [-0.39, 0.29) is 5.78 Å². The van der Waals surface area contributed by atoms with Gasteiger partial charge < -0.3 is 4.74 Å². The lowest BCUT2D eigenvalue weighted by atomic mass is 9.91. The predicted molar refractivity (Wildman–Crippen MR) is 66.2 cm³/mol. The Morgan fingerprint density at radius 2 is 2.06 bits per heavy atom. The zero-order valence-electron chi connectivity index (χ0n) is 10.7. The third-order valence-corrected chi connectivity index (χ3v) is 3.10. The molecule has 0 aliphatic rings. The summed E-state index contributed by atoms with van der Waals surface area (Å²) in [6, 6.07) is 5.56. The smallest absolute Gasteiger partial charge is 0.180 e. The van der Waals surface area contributed by atoms with Crippen molar-refractivity contribution in [3.05, 3.63) is 28.8 Å². The molecule has 0 bridgehead atoms. The van der Waals surface area contributed by atoms with E-state index < -0.39 is 5.92 Å². The fraction of sp³-hybridized carbons (Fsp3) is 0.429. The maximum atomic E-state index is 12.1. The Morgan fingerprint density at radius 3 is 2.53 bits per heavy atom. The average Bonchev–Trinajstić information content (AvgIpc) is 2.34.